The number of nitrogens with two attached hydrogens (primary N) is 1. The molecule has 0 heterocycles. The first kappa shape index (κ1) is 12.8. The molecule has 0 saturated heterocycles. The number of halogens is 2. The molecule has 1 aliphatic rings. The highest BCUT2D eigenvalue weighted by molar-refractivity contribution is 6.30. The fraction of sp³-hybridized carbons (Fsp3) is 0.571. The Bertz CT molecular complexity index is 374. The normalized spacial score (nSPS) is 19.2. The van der Waals surface area contributed by atoms with Crippen molar-refractivity contribution in [2.24, 2.45) is 11.7 Å². The summed E-state index contributed by atoms with van der Waals surface area (Å²) >= 11 is 5.77. The van der Waals surface area contributed by atoms with Crippen LogP contribution in [-0.4, -0.2) is 6.04 Å². The van der Waals surface area contributed by atoms with E-state index in [9.17, 15) is 4.39 Å². The molecule has 0 aromatic heterocycles. The van der Waals surface area contributed by atoms with Gasteiger partial charge in [-0.05, 0) is 42.9 Å². The van der Waals surface area contributed by atoms with E-state index in [4.69, 9.17) is 17.3 Å². The average Bonchev–Trinajstić information content (AvgIpc) is 2.35. The van der Waals surface area contributed by atoms with Crippen molar-refractivity contribution in [2.75, 3.05) is 0 Å². The highest BCUT2D eigenvalue weighted by atomic mass is 35.5. The highest BCUT2D eigenvalue weighted by Crippen LogP contribution is 2.27. The van der Waals surface area contributed by atoms with Crippen LogP contribution < -0.4 is 5.73 Å². The van der Waals surface area contributed by atoms with Crippen LogP contribution >= 0.6 is 11.6 Å². The number of rotatable bonds is 3. The summed E-state index contributed by atoms with van der Waals surface area (Å²) in [5, 5.41) is 0.193. The average molecular weight is 256 g/mol. The van der Waals surface area contributed by atoms with E-state index in [0.29, 0.717) is 5.92 Å². The van der Waals surface area contributed by atoms with Crippen molar-refractivity contribution in [2.45, 2.75) is 44.6 Å². The molecule has 3 heteroatoms. The minimum atomic E-state index is -0.360. The summed E-state index contributed by atoms with van der Waals surface area (Å²) in [6.45, 7) is 0. The van der Waals surface area contributed by atoms with Crippen LogP contribution in [-0.2, 0) is 6.42 Å². The monoisotopic (exact) mass is 255 g/mol. The Kier molecular flexibility index (Phi) is 4.41. The molecule has 1 aromatic rings. The van der Waals surface area contributed by atoms with E-state index >= 15 is 0 Å². The lowest BCUT2D eigenvalue weighted by atomic mass is 9.82. The van der Waals surface area contributed by atoms with Gasteiger partial charge in [-0.25, -0.2) is 4.39 Å². The van der Waals surface area contributed by atoms with Gasteiger partial charge < -0.3 is 5.73 Å². The minimum absolute atomic E-state index is 0.178. The molecule has 1 atom stereocenters. The smallest absolute Gasteiger partial charge is 0.141 e. The third-order valence-electron chi connectivity index (χ3n) is 3.71. The van der Waals surface area contributed by atoms with Crippen LogP contribution in [0.15, 0.2) is 18.2 Å². The van der Waals surface area contributed by atoms with Gasteiger partial charge in [0.1, 0.15) is 5.82 Å². The first-order valence-electron chi connectivity index (χ1n) is 6.36. The molecule has 1 aliphatic carbocycles. The van der Waals surface area contributed by atoms with Gasteiger partial charge in [0.2, 0.25) is 0 Å². The summed E-state index contributed by atoms with van der Waals surface area (Å²) in [4.78, 5) is 0. The van der Waals surface area contributed by atoms with Gasteiger partial charge >= 0.3 is 0 Å². The fourth-order valence-corrected chi connectivity index (χ4v) is 2.87. The maximum Gasteiger partial charge on any atom is 0.141 e. The lowest BCUT2D eigenvalue weighted by Gasteiger charge is -2.27. The van der Waals surface area contributed by atoms with Crippen LogP contribution in [0, 0.1) is 11.7 Å². The Morgan fingerprint density at radius 3 is 2.65 bits per heavy atom. The molecule has 0 amide bonds. The lowest BCUT2D eigenvalue weighted by molar-refractivity contribution is 0.303. The Labute approximate surface area is 107 Å². The lowest BCUT2D eigenvalue weighted by Crippen LogP contribution is -2.33. The molecule has 0 spiro atoms. The second kappa shape index (κ2) is 5.83. The second-order valence-electron chi connectivity index (χ2n) is 5.01. The molecule has 1 nitrogen and oxygen atoms in total. The van der Waals surface area contributed by atoms with Crippen LogP contribution in [0.5, 0.6) is 0 Å². The van der Waals surface area contributed by atoms with Gasteiger partial charge in [-0.2, -0.15) is 0 Å². The summed E-state index contributed by atoms with van der Waals surface area (Å²) in [6, 6.07) is 5.08. The van der Waals surface area contributed by atoms with E-state index in [1.54, 1.807) is 12.1 Å². The second-order valence-corrected chi connectivity index (χ2v) is 5.42. The molecule has 2 rings (SSSR count). The Morgan fingerprint density at radius 1 is 1.29 bits per heavy atom. The molecule has 0 radical (unpaired) electrons. The quantitative estimate of drug-likeness (QED) is 0.870. The van der Waals surface area contributed by atoms with Crippen LogP contribution in [0.2, 0.25) is 5.02 Å². The van der Waals surface area contributed by atoms with Crippen molar-refractivity contribution in [3.8, 4) is 0 Å². The maximum absolute atomic E-state index is 13.0. The SMILES string of the molecule is NC(Cc1ccc(F)c(Cl)c1)C1CCCCC1. The fourth-order valence-electron chi connectivity index (χ4n) is 2.67. The largest absolute Gasteiger partial charge is 0.327 e. The van der Waals surface area contributed by atoms with Gasteiger partial charge in [0.15, 0.2) is 0 Å². The van der Waals surface area contributed by atoms with Gasteiger partial charge in [0.05, 0.1) is 5.02 Å². The van der Waals surface area contributed by atoms with Crippen LogP contribution in [0.4, 0.5) is 4.39 Å². The Hall–Kier alpha value is -0.600. The maximum atomic E-state index is 13.0. The minimum Gasteiger partial charge on any atom is -0.327 e. The molecule has 0 bridgehead atoms. The van der Waals surface area contributed by atoms with Crippen LogP contribution in [0.25, 0.3) is 0 Å². The zero-order valence-corrected chi connectivity index (χ0v) is 10.7. The topological polar surface area (TPSA) is 26.0 Å². The molecule has 1 aromatic carbocycles. The molecule has 0 aliphatic heterocycles. The van der Waals surface area contributed by atoms with Crippen molar-refractivity contribution in [3.63, 3.8) is 0 Å². The zero-order chi connectivity index (χ0) is 12.3. The molecule has 2 N–H and O–H groups in total. The van der Waals surface area contributed by atoms with E-state index < -0.39 is 0 Å². The summed E-state index contributed by atoms with van der Waals surface area (Å²) in [7, 11) is 0. The third-order valence-corrected chi connectivity index (χ3v) is 4.00. The predicted molar refractivity (Wildman–Crippen MR) is 69.7 cm³/mol. The summed E-state index contributed by atoms with van der Waals surface area (Å²) in [6.07, 6.45) is 7.19. The van der Waals surface area contributed by atoms with E-state index in [1.165, 1.54) is 38.2 Å². The van der Waals surface area contributed by atoms with E-state index in [1.807, 2.05) is 0 Å². The van der Waals surface area contributed by atoms with Crippen molar-refractivity contribution in [3.05, 3.63) is 34.6 Å². The van der Waals surface area contributed by atoms with E-state index in [2.05, 4.69) is 0 Å². The Morgan fingerprint density at radius 2 is 2.00 bits per heavy atom. The third kappa shape index (κ3) is 3.43. The van der Waals surface area contributed by atoms with Crippen LogP contribution in [0.3, 0.4) is 0 Å². The van der Waals surface area contributed by atoms with Crippen LogP contribution in [0.1, 0.15) is 37.7 Å². The standard InChI is InChI=1S/C14H19ClFN/c15-12-8-10(6-7-13(12)16)9-14(17)11-4-2-1-3-5-11/h6-8,11,14H,1-5,9,17H2. The van der Waals surface area contributed by atoms with Gasteiger partial charge in [-0.1, -0.05) is 36.9 Å². The van der Waals surface area contributed by atoms with Gasteiger partial charge in [-0.15, -0.1) is 0 Å². The number of benzene rings is 1. The van der Waals surface area contributed by atoms with Crippen molar-refractivity contribution in [1.29, 1.82) is 0 Å². The van der Waals surface area contributed by atoms with Crippen molar-refractivity contribution < 1.29 is 4.39 Å². The molecule has 1 fully saturated rings. The summed E-state index contributed by atoms with van der Waals surface area (Å²) in [5.41, 5.74) is 7.27. The highest BCUT2D eigenvalue weighted by Gasteiger charge is 2.20. The molecular formula is C14H19ClFN. The first-order chi connectivity index (χ1) is 8.16. The number of hydrogen-bond acceptors (Lipinski definition) is 1. The molecule has 17 heavy (non-hydrogen) atoms. The Balaban J connectivity index is 1.96. The predicted octanol–water partition coefficient (Wildman–Crippen LogP) is 3.93. The van der Waals surface area contributed by atoms with E-state index in [-0.39, 0.29) is 16.9 Å². The van der Waals surface area contributed by atoms with Gasteiger partial charge in [0.25, 0.3) is 0 Å². The molecular weight excluding hydrogens is 237 g/mol. The first-order valence-corrected chi connectivity index (χ1v) is 6.74. The van der Waals surface area contributed by atoms with Crippen molar-refractivity contribution in [1.82, 2.24) is 0 Å². The van der Waals surface area contributed by atoms with Gasteiger partial charge in [-0.3, -0.25) is 0 Å². The summed E-state index contributed by atoms with van der Waals surface area (Å²) in [5.74, 6) is 0.259. The van der Waals surface area contributed by atoms with Gasteiger partial charge in [0, 0.05) is 6.04 Å². The molecule has 94 valence electrons. The van der Waals surface area contributed by atoms with Crippen molar-refractivity contribution >= 4 is 11.6 Å². The van der Waals surface area contributed by atoms with E-state index in [0.717, 1.165) is 12.0 Å². The summed E-state index contributed by atoms with van der Waals surface area (Å²) < 4.78 is 13.0. The molecule has 1 saturated carbocycles. The molecule has 1 unspecified atom stereocenters. The zero-order valence-electron chi connectivity index (χ0n) is 9.96. The number of hydrogen-bond donors (Lipinski definition) is 1.